The van der Waals surface area contributed by atoms with Crippen molar-refractivity contribution in [2.45, 2.75) is 23.5 Å². The lowest BCUT2D eigenvalue weighted by molar-refractivity contribution is 0.435. The molecule has 3 rings (SSSR count). The molecule has 0 bridgehead atoms. The predicted molar refractivity (Wildman–Crippen MR) is 86.7 cm³/mol. The Bertz CT molecular complexity index is 738. The highest BCUT2D eigenvalue weighted by atomic mass is 32.2. The average Bonchev–Trinajstić information content (AvgIpc) is 2.94. The highest BCUT2D eigenvalue weighted by Gasteiger charge is 2.14. The second-order valence-corrected chi connectivity index (χ2v) is 5.93. The zero-order valence-corrected chi connectivity index (χ0v) is 13.1. The smallest absolute Gasteiger partial charge is 0.109 e. The van der Waals surface area contributed by atoms with Crippen molar-refractivity contribution >= 4 is 11.8 Å². The number of aryl methyl sites for hydroxylation is 2. The van der Waals surface area contributed by atoms with Crippen LogP contribution in [0.25, 0.3) is 11.3 Å². The standard InChI is InChI=1S/C17H16FN3S/c1-13-7-8-15(19-11-13)22-17-16(14-5-3-2-4-6-14)20-12-21(17)10-9-18/h2-8,11-12H,9-10H2,1H3. The number of rotatable bonds is 5. The number of pyridine rings is 1. The quantitative estimate of drug-likeness (QED) is 0.700. The van der Waals surface area contributed by atoms with Gasteiger partial charge >= 0.3 is 0 Å². The summed E-state index contributed by atoms with van der Waals surface area (Å²) in [6.07, 6.45) is 3.53. The molecule has 5 heteroatoms. The minimum Gasteiger partial charge on any atom is -0.322 e. The van der Waals surface area contributed by atoms with Crippen LogP contribution in [0.5, 0.6) is 0 Å². The molecule has 0 spiro atoms. The maximum atomic E-state index is 12.8. The van der Waals surface area contributed by atoms with E-state index in [2.05, 4.69) is 9.97 Å². The molecule has 0 aliphatic heterocycles. The van der Waals surface area contributed by atoms with Crippen LogP contribution in [0.2, 0.25) is 0 Å². The molecule has 2 aromatic heterocycles. The molecule has 0 saturated heterocycles. The van der Waals surface area contributed by atoms with E-state index in [1.54, 1.807) is 6.33 Å². The first-order chi connectivity index (χ1) is 10.8. The van der Waals surface area contributed by atoms with Crippen molar-refractivity contribution < 1.29 is 4.39 Å². The Balaban J connectivity index is 1.99. The zero-order chi connectivity index (χ0) is 15.4. The molecule has 0 radical (unpaired) electrons. The fraction of sp³-hybridized carbons (Fsp3) is 0.176. The Morgan fingerprint density at radius 2 is 1.91 bits per heavy atom. The van der Waals surface area contributed by atoms with Crippen LogP contribution in [-0.4, -0.2) is 21.2 Å². The fourth-order valence-electron chi connectivity index (χ4n) is 2.14. The molecule has 22 heavy (non-hydrogen) atoms. The van der Waals surface area contributed by atoms with Gasteiger partial charge in [-0.3, -0.25) is 0 Å². The number of nitrogens with zero attached hydrogens (tertiary/aromatic N) is 3. The topological polar surface area (TPSA) is 30.7 Å². The second kappa shape index (κ2) is 6.75. The molecule has 0 saturated carbocycles. The molecular weight excluding hydrogens is 297 g/mol. The molecule has 0 amide bonds. The normalized spacial score (nSPS) is 10.8. The second-order valence-electron chi connectivity index (χ2n) is 4.92. The first-order valence-electron chi connectivity index (χ1n) is 7.05. The van der Waals surface area contributed by atoms with E-state index in [4.69, 9.17) is 0 Å². The van der Waals surface area contributed by atoms with Crippen LogP contribution in [0.1, 0.15) is 5.56 Å². The van der Waals surface area contributed by atoms with Crippen molar-refractivity contribution in [3.63, 3.8) is 0 Å². The summed E-state index contributed by atoms with van der Waals surface area (Å²) in [6, 6.07) is 13.9. The lowest BCUT2D eigenvalue weighted by atomic mass is 10.2. The van der Waals surface area contributed by atoms with Crippen molar-refractivity contribution in [1.82, 2.24) is 14.5 Å². The zero-order valence-electron chi connectivity index (χ0n) is 12.2. The number of benzene rings is 1. The van der Waals surface area contributed by atoms with Crippen LogP contribution < -0.4 is 0 Å². The molecule has 0 atom stereocenters. The van der Waals surface area contributed by atoms with Crippen molar-refractivity contribution in [2.75, 3.05) is 6.67 Å². The van der Waals surface area contributed by atoms with Gasteiger partial charge in [-0.15, -0.1) is 0 Å². The summed E-state index contributed by atoms with van der Waals surface area (Å²) in [7, 11) is 0. The maximum absolute atomic E-state index is 12.8. The van der Waals surface area contributed by atoms with Crippen LogP contribution in [0.3, 0.4) is 0 Å². The van der Waals surface area contributed by atoms with Crippen LogP contribution in [0, 0.1) is 6.92 Å². The maximum Gasteiger partial charge on any atom is 0.109 e. The molecular formula is C17H16FN3S. The van der Waals surface area contributed by atoms with Gasteiger partial charge < -0.3 is 4.57 Å². The monoisotopic (exact) mass is 313 g/mol. The van der Waals surface area contributed by atoms with E-state index >= 15 is 0 Å². The van der Waals surface area contributed by atoms with Gasteiger partial charge in [0.25, 0.3) is 0 Å². The van der Waals surface area contributed by atoms with Gasteiger partial charge in [-0.2, -0.15) is 0 Å². The van der Waals surface area contributed by atoms with E-state index in [-0.39, 0.29) is 0 Å². The minimum atomic E-state index is -0.417. The summed E-state index contributed by atoms with van der Waals surface area (Å²) in [5.41, 5.74) is 3.00. The van der Waals surface area contributed by atoms with E-state index in [0.29, 0.717) is 6.54 Å². The SMILES string of the molecule is Cc1ccc(Sc2c(-c3ccccc3)ncn2CCF)nc1. The third kappa shape index (κ3) is 3.20. The lowest BCUT2D eigenvalue weighted by Gasteiger charge is -2.08. The molecule has 0 N–H and O–H groups in total. The fourth-order valence-corrected chi connectivity index (χ4v) is 3.10. The molecule has 3 nitrogen and oxygen atoms in total. The van der Waals surface area contributed by atoms with E-state index in [1.165, 1.54) is 11.8 Å². The first-order valence-corrected chi connectivity index (χ1v) is 7.86. The van der Waals surface area contributed by atoms with E-state index < -0.39 is 6.67 Å². The number of hydrogen-bond donors (Lipinski definition) is 0. The van der Waals surface area contributed by atoms with Gasteiger partial charge in [0.1, 0.15) is 22.4 Å². The van der Waals surface area contributed by atoms with Gasteiger partial charge in [0.15, 0.2) is 0 Å². The number of hydrogen-bond acceptors (Lipinski definition) is 3. The van der Waals surface area contributed by atoms with Crippen molar-refractivity contribution in [3.8, 4) is 11.3 Å². The molecule has 112 valence electrons. The summed E-state index contributed by atoms with van der Waals surface area (Å²) in [4.78, 5) is 8.88. The molecule has 0 aliphatic rings. The highest BCUT2D eigenvalue weighted by molar-refractivity contribution is 7.99. The molecule has 1 aromatic carbocycles. The first kappa shape index (κ1) is 14.8. The van der Waals surface area contributed by atoms with Crippen molar-refractivity contribution in [3.05, 3.63) is 60.6 Å². The van der Waals surface area contributed by atoms with E-state index in [1.807, 2.05) is 60.2 Å². The molecule has 0 aliphatic carbocycles. The largest absolute Gasteiger partial charge is 0.322 e. The predicted octanol–water partition coefficient (Wildman–Crippen LogP) is 4.37. The van der Waals surface area contributed by atoms with E-state index in [0.717, 1.165) is 26.9 Å². The Morgan fingerprint density at radius 3 is 2.59 bits per heavy atom. The average molecular weight is 313 g/mol. The van der Waals surface area contributed by atoms with Gasteiger partial charge in [-0.1, -0.05) is 36.4 Å². The summed E-state index contributed by atoms with van der Waals surface area (Å²) in [5.74, 6) is 0. The summed E-state index contributed by atoms with van der Waals surface area (Å²) < 4.78 is 14.6. The molecule has 0 fully saturated rings. The number of alkyl halides is 1. The van der Waals surface area contributed by atoms with Crippen LogP contribution >= 0.6 is 11.8 Å². The van der Waals surface area contributed by atoms with Crippen LogP contribution in [-0.2, 0) is 6.54 Å². The lowest BCUT2D eigenvalue weighted by Crippen LogP contribution is -2.00. The Hall–Kier alpha value is -2.14. The van der Waals surface area contributed by atoms with E-state index in [9.17, 15) is 4.39 Å². The molecule has 3 aromatic rings. The Labute approximate surface area is 133 Å². The third-order valence-corrected chi connectivity index (χ3v) is 4.32. The van der Waals surface area contributed by atoms with Gasteiger partial charge in [-0.25, -0.2) is 14.4 Å². The van der Waals surface area contributed by atoms with Gasteiger partial charge in [0, 0.05) is 11.8 Å². The summed E-state index contributed by atoms with van der Waals surface area (Å²) in [5, 5.41) is 1.79. The molecule has 0 unspecified atom stereocenters. The molecule has 2 heterocycles. The summed E-state index contributed by atoms with van der Waals surface area (Å²) in [6.45, 7) is 1.89. The van der Waals surface area contributed by atoms with Gasteiger partial charge in [0.05, 0.1) is 12.9 Å². The minimum absolute atomic E-state index is 0.300. The summed E-state index contributed by atoms with van der Waals surface area (Å²) >= 11 is 1.51. The number of imidazole rings is 1. The van der Waals surface area contributed by atoms with Gasteiger partial charge in [0.2, 0.25) is 0 Å². The van der Waals surface area contributed by atoms with Crippen LogP contribution in [0.15, 0.2) is 65.0 Å². The van der Waals surface area contributed by atoms with Crippen molar-refractivity contribution in [2.24, 2.45) is 0 Å². The Kier molecular flexibility index (Phi) is 4.53. The van der Waals surface area contributed by atoms with Crippen LogP contribution in [0.4, 0.5) is 4.39 Å². The Morgan fingerprint density at radius 1 is 1.09 bits per heavy atom. The van der Waals surface area contributed by atoms with Crippen molar-refractivity contribution in [1.29, 1.82) is 0 Å². The number of aromatic nitrogens is 3. The highest BCUT2D eigenvalue weighted by Crippen LogP contribution is 2.34. The third-order valence-electron chi connectivity index (χ3n) is 3.25. The number of halogens is 1. The van der Waals surface area contributed by atoms with Gasteiger partial charge in [-0.05, 0) is 30.3 Å².